The summed E-state index contributed by atoms with van der Waals surface area (Å²) < 4.78 is 1.12. The lowest BCUT2D eigenvalue weighted by Gasteiger charge is -2.05. The van der Waals surface area contributed by atoms with E-state index in [1.54, 1.807) is 0 Å². The zero-order chi connectivity index (χ0) is 10.4. The molecular formula is C9H11IN2O2. The number of carbonyl (C=O) groups excluding carboxylic acids is 1. The Morgan fingerprint density at radius 2 is 2.36 bits per heavy atom. The first-order valence-corrected chi connectivity index (χ1v) is 5.11. The van der Waals surface area contributed by atoms with Crippen molar-refractivity contribution in [3.63, 3.8) is 0 Å². The number of amides is 1. The molecule has 0 aliphatic rings. The predicted octanol–water partition coefficient (Wildman–Crippen LogP) is 1.38. The predicted molar refractivity (Wildman–Crippen MR) is 62.8 cm³/mol. The van der Waals surface area contributed by atoms with Crippen LogP contribution in [0.1, 0.15) is 0 Å². The average molecular weight is 306 g/mol. The summed E-state index contributed by atoms with van der Waals surface area (Å²) in [7, 11) is 1.41. The van der Waals surface area contributed by atoms with Crippen molar-refractivity contribution in [2.24, 2.45) is 0 Å². The maximum absolute atomic E-state index is 11.0. The van der Waals surface area contributed by atoms with Crippen LogP contribution in [0.25, 0.3) is 0 Å². The number of anilines is 1. The van der Waals surface area contributed by atoms with Gasteiger partial charge in [0.15, 0.2) is 0 Å². The number of nitrogens with one attached hydrogen (secondary N) is 2. The van der Waals surface area contributed by atoms with Crippen LogP contribution in [0.4, 0.5) is 5.69 Å². The van der Waals surface area contributed by atoms with Gasteiger partial charge in [-0.2, -0.15) is 0 Å². The van der Waals surface area contributed by atoms with Gasteiger partial charge in [0.25, 0.3) is 5.91 Å². The highest BCUT2D eigenvalue weighted by Gasteiger charge is 1.99. The molecule has 14 heavy (non-hydrogen) atoms. The minimum atomic E-state index is -0.202. The molecule has 1 aromatic rings. The van der Waals surface area contributed by atoms with Crippen LogP contribution >= 0.6 is 22.6 Å². The first-order chi connectivity index (χ1) is 6.72. The Bertz CT molecular complexity index is 317. The fourth-order valence-corrected chi connectivity index (χ4v) is 1.47. The van der Waals surface area contributed by atoms with Crippen LogP contribution < -0.4 is 10.8 Å². The van der Waals surface area contributed by atoms with Crippen molar-refractivity contribution in [2.75, 3.05) is 19.0 Å². The van der Waals surface area contributed by atoms with Gasteiger partial charge in [0.1, 0.15) is 0 Å². The third kappa shape index (κ3) is 3.93. The number of hydroxylamine groups is 1. The van der Waals surface area contributed by atoms with Gasteiger partial charge in [0, 0.05) is 9.26 Å². The van der Waals surface area contributed by atoms with Gasteiger partial charge in [0.2, 0.25) is 0 Å². The van der Waals surface area contributed by atoms with Crippen LogP contribution in [-0.4, -0.2) is 19.6 Å². The van der Waals surface area contributed by atoms with Gasteiger partial charge in [-0.3, -0.25) is 9.63 Å². The van der Waals surface area contributed by atoms with E-state index >= 15 is 0 Å². The van der Waals surface area contributed by atoms with Gasteiger partial charge in [-0.25, -0.2) is 5.48 Å². The fourth-order valence-electron chi connectivity index (χ4n) is 0.931. The second-order valence-corrected chi connectivity index (χ2v) is 3.84. The smallest absolute Gasteiger partial charge is 0.262 e. The molecule has 76 valence electrons. The van der Waals surface area contributed by atoms with Crippen LogP contribution in [0.5, 0.6) is 0 Å². The van der Waals surface area contributed by atoms with Gasteiger partial charge in [-0.1, -0.05) is 6.07 Å². The average Bonchev–Trinajstić information content (AvgIpc) is 2.15. The van der Waals surface area contributed by atoms with E-state index in [1.807, 2.05) is 24.3 Å². The number of hydrogen-bond acceptors (Lipinski definition) is 3. The minimum absolute atomic E-state index is 0.202. The van der Waals surface area contributed by atoms with Crippen molar-refractivity contribution >= 4 is 34.2 Å². The highest BCUT2D eigenvalue weighted by molar-refractivity contribution is 14.1. The van der Waals surface area contributed by atoms with E-state index in [2.05, 4.69) is 38.2 Å². The molecule has 1 amide bonds. The lowest BCUT2D eigenvalue weighted by Crippen LogP contribution is -2.28. The molecule has 0 aliphatic carbocycles. The fraction of sp³-hybridized carbons (Fsp3) is 0.222. The van der Waals surface area contributed by atoms with Gasteiger partial charge in [-0.05, 0) is 40.8 Å². The molecule has 0 atom stereocenters. The second-order valence-electron chi connectivity index (χ2n) is 2.59. The van der Waals surface area contributed by atoms with Gasteiger partial charge < -0.3 is 5.32 Å². The molecule has 0 spiro atoms. The summed E-state index contributed by atoms with van der Waals surface area (Å²) in [5.41, 5.74) is 3.15. The van der Waals surface area contributed by atoms with Crippen LogP contribution in [0, 0.1) is 3.57 Å². The molecule has 0 radical (unpaired) electrons. The number of carbonyl (C=O) groups is 1. The van der Waals surface area contributed by atoms with Gasteiger partial charge in [0.05, 0.1) is 13.7 Å². The van der Waals surface area contributed by atoms with Crippen molar-refractivity contribution in [1.29, 1.82) is 0 Å². The SMILES string of the molecule is CONC(=O)CNc1cccc(I)c1. The summed E-state index contributed by atoms with van der Waals surface area (Å²) in [6.07, 6.45) is 0. The Morgan fingerprint density at radius 3 is 3.00 bits per heavy atom. The summed E-state index contributed by atoms with van der Waals surface area (Å²) in [4.78, 5) is 15.5. The Kier molecular flexibility index (Phi) is 4.68. The molecule has 0 bridgehead atoms. The van der Waals surface area contributed by atoms with E-state index in [0.717, 1.165) is 9.26 Å². The third-order valence-electron chi connectivity index (χ3n) is 1.49. The van der Waals surface area contributed by atoms with E-state index in [-0.39, 0.29) is 12.5 Å². The zero-order valence-electron chi connectivity index (χ0n) is 7.71. The lowest BCUT2D eigenvalue weighted by atomic mass is 10.3. The van der Waals surface area contributed by atoms with Crippen LogP contribution in [0.3, 0.4) is 0 Å². The van der Waals surface area contributed by atoms with Crippen LogP contribution in [0.2, 0.25) is 0 Å². The van der Waals surface area contributed by atoms with Gasteiger partial charge >= 0.3 is 0 Å². The Morgan fingerprint density at radius 1 is 1.57 bits per heavy atom. The molecule has 5 heteroatoms. The Hall–Kier alpha value is -0.820. The van der Waals surface area contributed by atoms with Crippen molar-refractivity contribution in [3.05, 3.63) is 27.8 Å². The Balaban J connectivity index is 2.41. The summed E-state index contributed by atoms with van der Waals surface area (Å²) in [6.45, 7) is 0.202. The highest BCUT2D eigenvalue weighted by Crippen LogP contribution is 2.11. The molecule has 0 unspecified atom stereocenters. The number of hydrogen-bond donors (Lipinski definition) is 2. The van der Waals surface area contributed by atoms with E-state index in [0.29, 0.717) is 0 Å². The maximum atomic E-state index is 11.0. The van der Waals surface area contributed by atoms with E-state index in [1.165, 1.54) is 7.11 Å². The quantitative estimate of drug-likeness (QED) is 0.653. The lowest BCUT2D eigenvalue weighted by molar-refractivity contribution is -0.129. The topological polar surface area (TPSA) is 50.4 Å². The maximum Gasteiger partial charge on any atom is 0.262 e. The normalized spacial score (nSPS) is 9.57. The molecule has 0 aliphatic heterocycles. The minimum Gasteiger partial charge on any atom is -0.376 e. The standard InChI is InChI=1S/C9H11IN2O2/c1-14-12-9(13)6-11-8-4-2-3-7(10)5-8/h2-5,11H,6H2,1H3,(H,12,13). The molecule has 0 saturated carbocycles. The van der Waals surface area contributed by atoms with E-state index in [4.69, 9.17) is 0 Å². The number of halogens is 1. The molecule has 1 rings (SSSR count). The molecule has 1 aromatic carbocycles. The molecule has 0 heterocycles. The summed E-state index contributed by atoms with van der Waals surface area (Å²) in [6, 6.07) is 7.78. The number of benzene rings is 1. The van der Waals surface area contributed by atoms with E-state index in [9.17, 15) is 4.79 Å². The highest BCUT2D eigenvalue weighted by atomic mass is 127. The van der Waals surface area contributed by atoms with Crippen LogP contribution in [0.15, 0.2) is 24.3 Å². The first-order valence-electron chi connectivity index (χ1n) is 4.03. The summed E-state index contributed by atoms with van der Waals surface area (Å²) in [5.74, 6) is -0.202. The second kappa shape index (κ2) is 5.82. The molecule has 4 nitrogen and oxygen atoms in total. The molecule has 0 aromatic heterocycles. The van der Waals surface area contributed by atoms with Crippen molar-refractivity contribution in [3.8, 4) is 0 Å². The molecule has 2 N–H and O–H groups in total. The zero-order valence-corrected chi connectivity index (χ0v) is 9.87. The largest absolute Gasteiger partial charge is 0.376 e. The summed E-state index contributed by atoms with van der Waals surface area (Å²) in [5, 5.41) is 2.97. The molecule has 0 fully saturated rings. The van der Waals surface area contributed by atoms with Gasteiger partial charge in [-0.15, -0.1) is 0 Å². The van der Waals surface area contributed by atoms with Crippen molar-refractivity contribution in [2.45, 2.75) is 0 Å². The van der Waals surface area contributed by atoms with Crippen LogP contribution in [-0.2, 0) is 9.63 Å². The number of rotatable bonds is 4. The Labute approximate surface area is 96.1 Å². The molecule has 0 saturated heterocycles. The first kappa shape index (κ1) is 11.3. The van der Waals surface area contributed by atoms with Crippen molar-refractivity contribution < 1.29 is 9.63 Å². The summed E-state index contributed by atoms with van der Waals surface area (Å²) >= 11 is 2.21. The van der Waals surface area contributed by atoms with Crippen molar-refractivity contribution in [1.82, 2.24) is 5.48 Å². The van der Waals surface area contributed by atoms with E-state index < -0.39 is 0 Å². The third-order valence-corrected chi connectivity index (χ3v) is 2.16. The monoisotopic (exact) mass is 306 g/mol. The molecular weight excluding hydrogens is 295 g/mol.